The molecule has 1 aromatic carbocycles. The lowest BCUT2D eigenvalue weighted by Crippen LogP contribution is -2.36. The van der Waals surface area contributed by atoms with Crippen LogP contribution in [0.25, 0.3) is 0 Å². The lowest BCUT2D eigenvalue weighted by atomic mass is 9.87. The topological polar surface area (TPSA) is 21.7 Å². The summed E-state index contributed by atoms with van der Waals surface area (Å²) in [6.07, 6.45) is 2.30. The lowest BCUT2D eigenvalue weighted by molar-refractivity contribution is 0.0368. The van der Waals surface area contributed by atoms with Crippen LogP contribution in [0.5, 0.6) is 5.75 Å². The van der Waals surface area contributed by atoms with E-state index in [1.54, 1.807) is 0 Å². The molecule has 3 heteroatoms. The number of ether oxygens (including phenoxy) is 2. The summed E-state index contributed by atoms with van der Waals surface area (Å²) < 4.78 is 11.2. The van der Waals surface area contributed by atoms with E-state index >= 15 is 0 Å². The Kier molecular flexibility index (Phi) is 6.07. The molecule has 0 aromatic heterocycles. The second-order valence-electron chi connectivity index (χ2n) is 6.78. The number of benzene rings is 1. The largest absolute Gasteiger partial charge is 0.494 e. The molecule has 2 rings (SSSR count). The first-order chi connectivity index (χ1) is 10.1. The van der Waals surface area contributed by atoms with Gasteiger partial charge in [-0.3, -0.25) is 4.90 Å². The minimum Gasteiger partial charge on any atom is -0.494 e. The summed E-state index contributed by atoms with van der Waals surface area (Å²) in [5.41, 5.74) is 1.55. The first-order valence-corrected chi connectivity index (χ1v) is 8.09. The highest BCUT2D eigenvalue weighted by molar-refractivity contribution is 5.31. The zero-order valence-corrected chi connectivity index (χ0v) is 13.7. The molecule has 1 saturated heterocycles. The normalized spacial score (nSPS) is 16.9. The molecule has 1 fully saturated rings. The minimum absolute atomic E-state index is 0.205. The molecule has 0 atom stereocenters. The van der Waals surface area contributed by atoms with Gasteiger partial charge in [0.25, 0.3) is 0 Å². The summed E-state index contributed by atoms with van der Waals surface area (Å²) >= 11 is 0. The van der Waals surface area contributed by atoms with Crippen molar-refractivity contribution in [1.29, 1.82) is 0 Å². The van der Waals surface area contributed by atoms with Gasteiger partial charge >= 0.3 is 0 Å². The van der Waals surface area contributed by atoms with Gasteiger partial charge in [0.1, 0.15) is 5.75 Å². The highest BCUT2D eigenvalue weighted by atomic mass is 16.5. The van der Waals surface area contributed by atoms with E-state index in [1.807, 2.05) is 0 Å². The highest BCUT2D eigenvalue weighted by Gasteiger charge is 2.13. The van der Waals surface area contributed by atoms with E-state index in [4.69, 9.17) is 9.47 Å². The molecule has 21 heavy (non-hydrogen) atoms. The second-order valence-corrected chi connectivity index (χ2v) is 6.78. The summed E-state index contributed by atoms with van der Waals surface area (Å²) in [5, 5.41) is 0. The molecular formula is C18H29NO2. The molecular weight excluding hydrogens is 262 g/mol. The molecule has 0 N–H and O–H groups in total. The molecule has 0 aliphatic carbocycles. The van der Waals surface area contributed by atoms with Gasteiger partial charge in [0.15, 0.2) is 0 Å². The van der Waals surface area contributed by atoms with Crippen molar-refractivity contribution in [2.75, 3.05) is 39.5 Å². The first kappa shape index (κ1) is 16.3. The van der Waals surface area contributed by atoms with Crippen molar-refractivity contribution in [3.63, 3.8) is 0 Å². The van der Waals surface area contributed by atoms with Crippen LogP contribution in [0, 0.1) is 0 Å². The Morgan fingerprint density at radius 1 is 1.05 bits per heavy atom. The quantitative estimate of drug-likeness (QED) is 0.749. The standard InChI is InChI=1S/C18H29NO2/c1-18(2,3)16-6-8-17(9-7-16)21-13-5-4-10-19-11-14-20-15-12-19/h6-9H,4-5,10-15H2,1-3H3. The van der Waals surface area contributed by atoms with Crippen LogP contribution in [0.15, 0.2) is 24.3 Å². The van der Waals surface area contributed by atoms with Crippen LogP contribution in [0.2, 0.25) is 0 Å². The van der Waals surface area contributed by atoms with Crippen LogP contribution in [0.3, 0.4) is 0 Å². The Hall–Kier alpha value is -1.06. The number of unbranched alkanes of at least 4 members (excludes halogenated alkanes) is 1. The summed E-state index contributed by atoms with van der Waals surface area (Å²) in [5.74, 6) is 0.981. The zero-order chi connectivity index (χ0) is 15.1. The van der Waals surface area contributed by atoms with E-state index in [0.717, 1.165) is 51.6 Å². The smallest absolute Gasteiger partial charge is 0.119 e. The van der Waals surface area contributed by atoms with Crippen LogP contribution >= 0.6 is 0 Å². The molecule has 3 nitrogen and oxygen atoms in total. The molecule has 0 amide bonds. The van der Waals surface area contributed by atoms with Gasteiger partial charge in [-0.15, -0.1) is 0 Å². The van der Waals surface area contributed by atoms with Crippen molar-refractivity contribution < 1.29 is 9.47 Å². The van der Waals surface area contributed by atoms with Crippen LogP contribution in [-0.4, -0.2) is 44.4 Å². The summed E-state index contributed by atoms with van der Waals surface area (Å²) in [6.45, 7) is 12.6. The Labute approximate surface area is 129 Å². The van der Waals surface area contributed by atoms with Crippen molar-refractivity contribution in [2.24, 2.45) is 0 Å². The maximum atomic E-state index is 5.82. The monoisotopic (exact) mass is 291 g/mol. The van der Waals surface area contributed by atoms with Gasteiger partial charge in [0, 0.05) is 13.1 Å². The summed E-state index contributed by atoms with van der Waals surface area (Å²) in [4.78, 5) is 2.47. The fourth-order valence-corrected chi connectivity index (χ4v) is 2.50. The molecule has 1 aliphatic heterocycles. The molecule has 0 bridgehead atoms. The second kappa shape index (κ2) is 7.81. The Balaban J connectivity index is 1.62. The fourth-order valence-electron chi connectivity index (χ4n) is 2.50. The van der Waals surface area contributed by atoms with E-state index < -0.39 is 0 Å². The third-order valence-electron chi connectivity index (χ3n) is 3.96. The van der Waals surface area contributed by atoms with Gasteiger partial charge in [0.2, 0.25) is 0 Å². The SMILES string of the molecule is CC(C)(C)c1ccc(OCCCCN2CCOCC2)cc1. The average Bonchev–Trinajstić information content (AvgIpc) is 2.47. The van der Waals surface area contributed by atoms with Crippen LogP contribution in [-0.2, 0) is 10.2 Å². The molecule has 0 saturated carbocycles. The van der Waals surface area contributed by atoms with Crippen molar-refractivity contribution in [2.45, 2.75) is 39.0 Å². The molecule has 0 radical (unpaired) electrons. The zero-order valence-electron chi connectivity index (χ0n) is 13.7. The first-order valence-electron chi connectivity index (χ1n) is 8.09. The van der Waals surface area contributed by atoms with Gasteiger partial charge in [-0.25, -0.2) is 0 Å². The number of morpholine rings is 1. The van der Waals surface area contributed by atoms with Gasteiger partial charge in [0.05, 0.1) is 19.8 Å². The van der Waals surface area contributed by atoms with Crippen molar-refractivity contribution in [3.8, 4) is 5.75 Å². The lowest BCUT2D eigenvalue weighted by Gasteiger charge is -2.26. The van der Waals surface area contributed by atoms with Gasteiger partial charge in [-0.1, -0.05) is 32.9 Å². The molecule has 118 valence electrons. The highest BCUT2D eigenvalue weighted by Crippen LogP contribution is 2.24. The van der Waals surface area contributed by atoms with Crippen molar-refractivity contribution >= 4 is 0 Å². The molecule has 0 unspecified atom stereocenters. The van der Waals surface area contributed by atoms with Crippen molar-refractivity contribution in [1.82, 2.24) is 4.90 Å². The van der Waals surface area contributed by atoms with Gasteiger partial charge in [-0.2, -0.15) is 0 Å². The number of nitrogens with zero attached hydrogens (tertiary/aromatic N) is 1. The average molecular weight is 291 g/mol. The number of hydrogen-bond donors (Lipinski definition) is 0. The number of hydrogen-bond acceptors (Lipinski definition) is 3. The van der Waals surface area contributed by atoms with E-state index in [0.29, 0.717) is 0 Å². The Bertz CT molecular complexity index is 402. The predicted molar refractivity (Wildman–Crippen MR) is 87.1 cm³/mol. The molecule has 1 heterocycles. The van der Waals surface area contributed by atoms with Crippen LogP contribution < -0.4 is 4.74 Å². The van der Waals surface area contributed by atoms with Gasteiger partial charge in [-0.05, 0) is 42.5 Å². The van der Waals surface area contributed by atoms with Gasteiger partial charge < -0.3 is 9.47 Å². The molecule has 1 aliphatic rings. The Morgan fingerprint density at radius 2 is 1.71 bits per heavy atom. The fraction of sp³-hybridized carbons (Fsp3) is 0.667. The molecule has 0 spiro atoms. The van der Waals surface area contributed by atoms with E-state index in [9.17, 15) is 0 Å². The summed E-state index contributed by atoms with van der Waals surface area (Å²) in [7, 11) is 0. The predicted octanol–water partition coefficient (Wildman–Crippen LogP) is 3.48. The van der Waals surface area contributed by atoms with E-state index in [2.05, 4.69) is 49.9 Å². The van der Waals surface area contributed by atoms with E-state index in [1.165, 1.54) is 12.0 Å². The summed E-state index contributed by atoms with van der Waals surface area (Å²) in [6, 6.07) is 8.51. The van der Waals surface area contributed by atoms with Crippen LogP contribution in [0.4, 0.5) is 0 Å². The van der Waals surface area contributed by atoms with Crippen LogP contribution in [0.1, 0.15) is 39.2 Å². The van der Waals surface area contributed by atoms with Crippen molar-refractivity contribution in [3.05, 3.63) is 29.8 Å². The number of rotatable bonds is 6. The third-order valence-corrected chi connectivity index (χ3v) is 3.96. The third kappa shape index (κ3) is 5.68. The maximum Gasteiger partial charge on any atom is 0.119 e. The maximum absolute atomic E-state index is 5.82. The molecule has 1 aromatic rings. The van der Waals surface area contributed by atoms with E-state index in [-0.39, 0.29) is 5.41 Å². The Morgan fingerprint density at radius 3 is 2.33 bits per heavy atom. The minimum atomic E-state index is 0.205.